The fourth-order valence-corrected chi connectivity index (χ4v) is 1.11. The van der Waals surface area contributed by atoms with Crippen LogP contribution in [0.2, 0.25) is 0 Å². The van der Waals surface area contributed by atoms with E-state index in [0.29, 0.717) is 0 Å². The van der Waals surface area contributed by atoms with Gasteiger partial charge in [-0.25, -0.2) is 4.39 Å². The Morgan fingerprint density at radius 1 is 1.50 bits per heavy atom. The summed E-state index contributed by atoms with van der Waals surface area (Å²) in [5.41, 5.74) is 3.44. The van der Waals surface area contributed by atoms with Gasteiger partial charge in [0.1, 0.15) is 18.0 Å². The summed E-state index contributed by atoms with van der Waals surface area (Å²) in [4.78, 5) is 10.3. The molecule has 0 aromatic heterocycles. The lowest BCUT2D eigenvalue weighted by Gasteiger charge is -2.17. The molecule has 4 nitrogen and oxygen atoms in total. The predicted octanol–water partition coefficient (Wildman–Crippen LogP) is -1.78. The molecule has 0 saturated heterocycles. The minimum atomic E-state index is -1.80. The second kappa shape index (κ2) is 4.17. The Morgan fingerprint density at radius 3 is 2.57 bits per heavy atom. The number of halogens is 1. The first kappa shape index (κ1) is 10.6. The largest absolute Gasteiger partial charge is 0.547 e. The first-order chi connectivity index (χ1) is 6.54. The van der Waals surface area contributed by atoms with E-state index >= 15 is 0 Å². The van der Waals surface area contributed by atoms with Crippen LogP contribution < -0.4 is 10.8 Å². The van der Waals surface area contributed by atoms with Gasteiger partial charge in [-0.1, -0.05) is 18.2 Å². The maximum Gasteiger partial charge on any atom is 0.149 e. The molecule has 0 aliphatic heterocycles. The van der Waals surface area contributed by atoms with Crippen LogP contribution in [0.1, 0.15) is 11.6 Å². The summed E-state index contributed by atoms with van der Waals surface area (Å²) < 4.78 is 13.1. The quantitative estimate of drug-likeness (QED) is 0.603. The number of aliphatic hydroxyl groups is 1. The number of quaternary nitrogens is 1. The normalized spacial score (nSPS) is 14.8. The van der Waals surface area contributed by atoms with Gasteiger partial charge in [0.15, 0.2) is 0 Å². The SMILES string of the molecule is [NH3+][C@H](c1ccccc1F)[C@@H](O)C(=O)[O-]. The van der Waals surface area contributed by atoms with Gasteiger partial charge in [0, 0.05) is 5.56 Å². The molecule has 0 unspecified atom stereocenters. The molecule has 0 heterocycles. The standard InChI is InChI=1S/C9H10FNO3/c10-6-4-2-1-3-5(6)7(11)8(12)9(13)14/h1-4,7-8,12H,11H2,(H,13,14)/t7-,8-/m1/s1. The predicted molar refractivity (Wildman–Crippen MR) is 43.0 cm³/mol. The van der Waals surface area contributed by atoms with Gasteiger partial charge in [0.25, 0.3) is 0 Å². The van der Waals surface area contributed by atoms with E-state index < -0.39 is 23.9 Å². The van der Waals surface area contributed by atoms with Gasteiger partial charge in [-0.3, -0.25) is 0 Å². The smallest absolute Gasteiger partial charge is 0.149 e. The van der Waals surface area contributed by atoms with E-state index in [1.165, 1.54) is 18.2 Å². The highest BCUT2D eigenvalue weighted by molar-refractivity contribution is 5.70. The summed E-state index contributed by atoms with van der Waals surface area (Å²) in [6.07, 6.45) is -1.80. The molecule has 0 fully saturated rings. The third-order valence-corrected chi connectivity index (χ3v) is 1.93. The maximum atomic E-state index is 13.1. The van der Waals surface area contributed by atoms with E-state index in [1.807, 2.05) is 0 Å². The third-order valence-electron chi connectivity index (χ3n) is 1.93. The number of aliphatic carboxylic acids is 1. The molecule has 1 rings (SSSR count). The van der Waals surface area contributed by atoms with Crippen molar-refractivity contribution in [3.05, 3.63) is 35.6 Å². The van der Waals surface area contributed by atoms with Gasteiger partial charge in [0.05, 0.1) is 5.97 Å². The van der Waals surface area contributed by atoms with Crippen LogP contribution in [-0.4, -0.2) is 17.2 Å². The van der Waals surface area contributed by atoms with Gasteiger partial charge >= 0.3 is 0 Å². The average Bonchev–Trinajstić information content (AvgIpc) is 2.16. The Hall–Kier alpha value is -1.46. The van der Waals surface area contributed by atoms with Crippen LogP contribution in [-0.2, 0) is 4.79 Å². The maximum absolute atomic E-state index is 13.1. The molecule has 1 aromatic rings. The van der Waals surface area contributed by atoms with Crippen molar-refractivity contribution in [1.82, 2.24) is 0 Å². The molecule has 4 N–H and O–H groups in total. The fraction of sp³-hybridized carbons (Fsp3) is 0.222. The number of carbonyl (C=O) groups excluding carboxylic acids is 1. The second-order valence-electron chi connectivity index (χ2n) is 2.89. The Bertz CT molecular complexity index is 343. The zero-order chi connectivity index (χ0) is 10.7. The molecular formula is C9H10FNO3. The Balaban J connectivity index is 2.94. The van der Waals surface area contributed by atoms with Crippen LogP contribution >= 0.6 is 0 Å². The van der Waals surface area contributed by atoms with Gasteiger partial charge in [-0.15, -0.1) is 0 Å². The lowest BCUT2D eigenvalue weighted by Crippen LogP contribution is -2.62. The van der Waals surface area contributed by atoms with Crippen molar-refractivity contribution in [2.24, 2.45) is 0 Å². The number of hydrogen-bond acceptors (Lipinski definition) is 3. The van der Waals surface area contributed by atoms with Crippen molar-refractivity contribution in [3.8, 4) is 0 Å². The van der Waals surface area contributed by atoms with E-state index in [1.54, 1.807) is 6.07 Å². The molecule has 76 valence electrons. The van der Waals surface area contributed by atoms with Gasteiger partial charge in [-0.05, 0) is 6.07 Å². The number of hydrogen-bond donors (Lipinski definition) is 2. The van der Waals surface area contributed by atoms with E-state index in [4.69, 9.17) is 5.11 Å². The lowest BCUT2D eigenvalue weighted by atomic mass is 10.0. The number of rotatable bonds is 3. The van der Waals surface area contributed by atoms with Crippen LogP contribution in [0.15, 0.2) is 24.3 Å². The van der Waals surface area contributed by atoms with E-state index in [2.05, 4.69) is 5.73 Å². The molecule has 0 amide bonds. The lowest BCUT2D eigenvalue weighted by molar-refractivity contribution is -0.448. The highest BCUT2D eigenvalue weighted by atomic mass is 19.1. The zero-order valence-corrected chi connectivity index (χ0v) is 7.31. The van der Waals surface area contributed by atoms with Crippen LogP contribution in [0.5, 0.6) is 0 Å². The number of aliphatic hydroxyl groups excluding tert-OH is 1. The Morgan fingerprint density at radius 2 is 2.07 bits per heavy atom. The fourth-order valence-electron chi connectivity index (χ4n) is 1.11. The van der Waals surface area contributed by atoms with Crippen LogP contribution in [0.4, 0.5) is 4.39 Å². The Labute approximate surface area is 79.8 Å². The summed E-state index contributed by atoms with van der Waals surface area (Å²) in [6.45, 7) is 0. The third kappa shape index (κ3) is 2.07. The topological polar surface area (TPSA) is 88.0 Å². The highest BCUT2D eigenvalue weighted by Crippen LogP contribution is 2.15. The second-order valence-corrected chi connectivity index (χ2v) is 2.89. The molecule has 5 heteroatoms. The minimum Gasteiger partial charge on any atom is -0.547 e. The number of benzene rings is 1. The van der Waals surface area contributed by atoms with Gasteiger partial charge in [-0.2, -0.15) is 0 Å². The average molecular weight is 199 g/mol. The summed E-state index contributed by atoms with van der Waals surface area (Å²) in [6, 6.07) is 4.49. The molecule has 2 atom stereocenters. The summed E-state index contributed by atoms with van der Waals surface area (Å²) in [5.74, 6) is -2.25. The highest BCUT2D eigenvalue weighted by Gasteiger charge is 2.23. The van der Waals surface area contributed by atoms with Crippen LogP contribution in [0.25, 0.3) is 0 Å². The molecule has 14 heavy (non-hydrogen) atoms. The van der Waals surface area contributed by atoms with Gasteiger partial charge < -0.3 is 20.7 Å². The molecule has 1 aromatic carbocycles. The minimum absolute atomic E-state index is 0.0594. The van der Waals surface area contributed by atoms with Crippen LogP contribution in [0.3, 0.4) is 0 Å². The van der Waals surface area contributed by atoms with E-state index in [9.17, 15) is 14.3 Å². The molecule has 0 aliphatic rings. The van der Waals surface area contributed by atoms with Crippen molar-refractivity contribution in [2.45, 2.75) is 12.1 Å². The van der Waals surface area contributed by atoms with Crippen molar-refractivity contribution in [2.75, 3.05) is 0 Å². The van der Waals surface area contributed by atoms with E-state index in [-0.39, 0.29) is 5.56 Å². The first-order valence-corrected chi connectivity index (χ1v) is 4.00. The van der Waals surface area contributed by atoms with Crippen molar-refractivity contribution >= 4 is 5.97 Å². The van der Waals surface area contributed by atoms with Crippen molar-refractivity contribution < 1.29 is 25.1 Å². The molecule has 0 radical (unpaired) electrons. The number of carboxylic acid groups (broad SMARTS) is 1. The summed E-state index contributed by atoms with van der Waals surface area (Å²) in [5, 5.41) is 19.4. The molecule has 0 saturated carbocycles. The van der Waals surface area contributed by atoms with Crippen LogP contribution in [0, 0.1) is 5.82 Å². The molecule has 0 bridgehead atoms. The number of carboxylic acids is 1. The monoisotopic (exact) mass is 199 g/mol. The zero-order valence-electron chi connectivity index (χ0n) is 7.31. The van der Waals surface area contributed by atoms with Crippen molar-refractivity contribution in [3.63, 3.8) is 0 Å². The van der Waals surface area contributed by atoms with Crippen molar-refractivity contribution in [1.29, 1.82) is 0 Å². The first-order valence-electron chi connectivity index (χ1n) is 4.00. The number of carbonyl (C=O) groups is 1. The van der Waals surface area contributed by atoms with E-state index in [0.717, 1.165) is 0 Å². The Kier molecular flexibility index (Phi) is 3.16. The molecule has 0 aliphatic carbocycles. The molecule has 0 spiro atoms. The van der Waals surface area contributed by atoms with Gasteiger partial charge in [0.2, 0.25) is 0 Å². The summed E-state index contributed by atoms with van der Waals surface area (Å²) >= 11 is 0. The molecular weight excluding hydrogens is 189 g/mol. The summed E-state index contributed by atoms with van der Waals surface area (Å²) in [7, 11) is 0.